The van der Waals surface area contributed by atoms with Crippen LogP contribution in [0.5, 0.6) is 0 Å². The second-order valence-electron chi connectivity index (χ2n) is 5.51. The summed E-state index contributed by atoms with van der Waals surface area (Å²) >= 11 is 0. The summed E-state index contributed by atoms with van der Waals surface area (Å²) in [5.74, 6) is 0.218. The van der Waals surface area contributed by atoms with E-state index < -0.39 is 0 Å². The number of benzene rings is 1. The normalized spacial score (nSPS) is 12.9. The Morgan fingerprint density at radius 1 is 1.05 bits per heavy atom. The Balaban J connectivity index is 2.58. The Kier molecular flexibility index (Phi) is 6.29. The number of rotatable bonds is 5. The minimum atomic E-state index is -0.300. The van der Waals surface area contributed by atoms with Gasteiger partial charge in [0.2, 0.25) is 0 Å². The van der Waals surface area contributed by atoms with Crippen LogP contribution in [0.3, 0.4) is 0 Å². The monoisotopic (exact) mass is 275 g/mol. The predicted octanol–water partition coefficient (Wildman–Crippen LogP) is 4.56. The first kappa shape index (κ1) is 16.3. The molecule has 0 unspecified atom stereocenters. The van der Waals surface area contributed by atoms with Crippen molar-refractivity contribution in [2.24, 2.45) is 0 Å². The Hall–Kier alpha value is -1.77. The molecule has 0 bridgehead atoms. The van der Waals surface area contributed by atoms with Crippen LogP contribution in [-0.4, -0.2) is 23.1 Å². The number of hydrogen-bond donors (Lipinski definition) is 0. The third kappa shape index (κ3) is 4.72. The maximum atomic E-state index is 12.0. The zero-order valence-corrected chi connectivity index (χ0v) is 13.0. The van der Waals surface area contributed by atoms with E-state index >= 15 is 0 Å². The fourth-order valence-electron chi connectivity index (χ4n) is 2.16. The average Bonchev–Trinajstić information content (AvgIpc) is 2.38. The molecule has 0 saturated heterocycles. The molecular weight excluding hydrogens is 250 g/mol. The topological polar surface area (TPSA) is 29.5 Å². The van der Waals surface area contributed by atoms with Gasteiger partial charge >= 0.3 is 6.09 Å². The van der Waals surface area contributed by atoms with E-state index in [1.54, 1.807) is 4.90 Å². The first-order chi connectivity index (χ1) is 9.43. The fraction of sp³-hybridized carbons (Fsp3) is 0.471. The summed E-state index contributed by atoms with van der Waals surface area (Å²) in [6, 6.07) is 10.4. The van der Waals surface area contributed by atoms with Crippen LogP contribution >= 0.6 is 0 Å². The van der Waals surface area contributed by atoms with Gasteiger partial charge in [-0.05, 0) is 39.3 Å². The van der Waals surface area contributed by atoms with E-state index in [9.17, 15) is 4.79 Å². The van der Waals surface area contributed by atoms with Gasteiger partial charge < -0.3 is 9.64 Å². The number of ether oxygens (including phenoxy) is 1. The molecule has 0 spiro atoms. The summed E-state index contributed by atoms with van der Waals surface area (Å²) in [5.41, 5.74) is 1.20. The molecule has 1 atom stereocenters. The highest BCUT2D eigenvalue weighted by Gasteiger charge is 2.20. The zero-order chi connectivity index (χ0) is 15.1. The van der Waals surface area contributed by atoms with Gasteiger partial charge in [0.15, 0.2) is 0 Å². The molecule has 0 saturated carbocycles. The molecule has 3 nitrogen and oxygen atoms in total. The van der Waals surface area contributed by atoms with Crippen molar-refractivity contribution in [2.45, 2.75) is 52.6 Å². The summed E-state index contributed by atoms with van der Waals surface area (Å²) in [5, 5.41) is 0. The molecule has 0 heterocycles. The van der Waals surface area contributed by atoms with Gasteiger partial charge in [-0.15, -0.1) is 0 Å². The second-order valence-corrected chi connectivity index (χ2v) is 5.51. The molecule has 110 valence electrons. The van der Waals surface area contributed by atoms with E-state index in [4.69, 9.17) is 4.74 Å². The van der Waals surface area contributed by atoms with Crippen LogP contribution < -0.4 is 0 Å². The van der Waals surface area contributed by atoms with Gasteiger partial charge in [-0.2, -0.15) is 0 Å². The van der Waals surface area contributed by atoms with Crippen LogP contribution in [0.2, 0.25) is 0 Å². The van der Waals surface area contributed by atoms with Crippen molar-refractivity contribution in [3.63, 3.8) is 0 Å². The highest BCUT2D eigenvalue weighted by molar-refractivity contribution is 5.69. The standard InChI is InChI=1S/C17H25NO2/c1-13(2)18(14(3)4)17(19)20-12-11-15(5)16-9-7-6-8-10-16/h6-15H,1-5H3/b12-11-/t15-/m1/s1. The first-order valence-corrected chi connectivity index (χ1v) is 7.14. The second kappa shape index (κ2) is 7.73. The lowest BCUT2D eigenvalue weighted by molar-refractivity contribution is 0.109. The van der Waals surface area contributed by atoms with Gasteiger partial charge in [-0.3, -0.25) is 0 Å². The number of carbonyl (C=O) groups is 1. The lowest BCUT2D eigenvalue weighted by Crippen LogP contribution is -2.41. The molecular formula is C17H25NO2. The quantitative estimate of drug-likeness (QED) is 0.737. The maximum Gasteiger partial charge on any atom is 0.415 e. The van der Waals surface area contributed by atoms with Crippen molar-refractivity contribution in [1.29, 1.82) is 0 Å². The van der Waals surface area contributed by atoms with Crippen molar-refractivity contribution in [3.8, 4) is 0 Å². The van der Waals surface area contributed by atoms with Crippen LogP contribution in [0.1, 0.15) is 46.1 Å². The van der Waals surface area contributed by atoms with Crippen molar-refractivity contribution in [3.05, 3.63) is 48.2 Å². The Bertz CT molecular complexity index is 430. The first-order valence-electron chi connectivity index (χ1n) is 7.14. The van der Waals surface area contributed by atoms with Gasteiger partial charge in [0.1, 0.15) is 0 Å². The van der Waals surface area contributed by atoms with Crippen molar-refractivity contribution in [2.75, 3.05) is 0 Å². The molecule has 0 aromatic heterocycles. The van der Waals surface area contributed by atoms with Crippen molar-refractivity contribution >= 4 is 6.09 Å². The minimum absolute atomic E-state index is 0.127. The Morgan fingerprint density at radius 3 is 2.10 bits per heavy atom. The highest BCUT2D eigenvalue weighted by atomic mass is 16.5. The number of amides is 1. The number of carbonyl (C=O) groups excluding carboxylic acids is 1. The molecule has 1 aromatic carbocycles. The van der Waals surface area contributed by atoms with E-state index in [0.29, 0.717) is 0 Å². The molecule has 1 amide bonds. The number of nitrogens with zero attached hydrogens (tertiary/aromatic N) is 1. The van der Waals surface area contributed by atoms with Gasteiger partial charge in [-0.25, -0.2) is 4.79 Å². The van der Waals surface area contributed by atoms with Gasteiger partial charge in [-0.1, -0.05) is 37.3 Å². The summed E-state index contributed by atoms with van der Waals surface area (Å²) in [7, 11) is 0. The molecule has 3 heteroatoms. The lowest BCUT2D eigenvalue weighted by Gasteiger charge is -2.28. The fourth-order valence-corrected chi connectivity index (χ4v) is 2.16. The summed E-state index contributed by atoms with van der Waals surface area (Å²) in [4.78, 5) is 13.7. The molecule has 0 aliphatic carbocycles. The van der Waals surface area contributed by atoms with Crippen LogP contribution in [-0.2, 0) is 4.74 Å². The molecule has 1 aromatic rings. The largest absolute Gasteiger partial charge is 0.418 e. The highest BCUT2D eigenvalue weighted by Crippen LogP contribution is 2.16. The van der Waals surface area contributed by atoms with E-state index in [0.717, 1.165) is 0 Å². The molecule has 1 rings (SSSR count). The Morgan fingerprint density at radius 2 is 1.60 bits per heavy atom. The Labute approximate surface area is 122 Å². The van der Waals surface area contributed by atoms with Gasteiger partial charge in [0.25, 0.3) is 0 Å². The van der Waals surface area contributed by atoms with E-state index in [2.05, 4.69) is 19.1 Å². The van der Waals surface area contributed by atoms with Gasteiger partial charge in [0, 0.05) is 18.0 Å². The molecule has 0 fully saturated rings. The van der Waals surface area contributed by atoms with Crippen LogP contribution in [0.25, 0.3) is 0 Å². The molecule has 0 N–H and O–H groups in total. The average molecular weight is 275 g/mol. The number of allylic oxidation sites excluding steroid dienone is 1. The smallest absolute Gasteiger partial charge is 0.415 e. The lowest BCUT2D eigenvalue weighted by atomic mass is 10.0. The van der Waals surface area contributed by atoms with E-state index in [1.165, 1.54) is 11.8 Å². The molecule has 0 aliphatic heterocycles. The van der Waals surface area contributed by atoms with Crippen LogP contribution in [0, 0.1) is 0 Å². The molecule has 0 aliphatic rings. The van der Waals surface area contributed by atoms with Crippen molar-refractivity contribution < 1.29 is 9.53 Å². The molecule has 0 radical (unpaired) electrons. The zero-order valence-electron chi connectivity index (χ0n) is 13.0. The van der Waals surface area contributed by atoms with E-state index in [-0.39, 0.29) is 24.1 Å². The minimum Gasteiger partial charge on any atom is -0.418 e. The maximum absolute atomic E-state index is 12.0. The SMILES string of the molecule is CC(C)N(C(=O)O/C=C\[C@@H](C)c1ccccc1)C(C)C. The van der Waals surface area contributed by atoms with Crippen LogP contribution in [0.15, 0.2) is 42.7 Å². The summed E-state index contributed by atoms with van der Waals surface area (Å²) in [6.07, 6.45) is 3.09. The molecule has 20 heavy (non-hydrogen) atoms. The van der Waals surface area contributed by atoms with Crippen molar-refractivity contribution in [1.82, 2.24) is 4.90 Å². The number of hydrogen-bond acceptors (Lipinski definition) is 2. The summed E-state index contributed by atoms with van der Waals surface area (Å²) < 4.78 is 5.23. The summed E-state index contributed by atoms with van der Waals surface area (Å²) in [6.45, 7) is 10.0. The third-order valence-corrected chi connectivity index (χ3v) is 3.18. The predicted molar refractivity (Wildman–Crippen MR) is 82.6 cm³/mol. The van der Waals surface area contributed by atoms with Gasteiger partial charge in [0.05, 0.1) is 6.26 Å². The third-order valence-electron chi connectivity index (χ3n) is 3.18. The van der Waals surface area contributed by atoms with E-state index in [1.807, 2.05) is 52.0 Å². The van der Waals surface area contributed by atoms with Crippen LogP contribution in [0.4, 0.5) is 4.79 Å².